The molecule has 27 heavy (non-hydrogen) atoms. The van der Waals surface area contributed by atoms with Gasteiger partial charge in [0.25, 0.3) is 0 Å². The number of hydrogen-bond donors (Lipinski definition) is 1. The first kappa shape index (κ1) is 18.1. The molecule has 0 spiro atoms. The lowest BCUT2D eigenvalue weighted by Gasteiger charge is -2.36. The zero-order valence-corrected chi connectivity index (χ0v) is 16.4. The van der Waals surface area contributed by atoms with Crippen LogP contribution in [0.5, 0.6) is 11.5 Å². The Morgan fingerprint density at radius 2 is 1.67 bits per heavy atom. The van der Waals surface area contributed by atoms with Crippen LogP contribution in [-0.4, -0.2) is 47.9 Å². The Labute approximate surface area is 165 Å². The van der Waals surface area contributed by atoms with Gasteiger partial charge >= 0.3 is 0 Å². The predicted octanol–water partition coefficient (Wildman–Crippen LogP) is 3.49. The Morgan fingerprint density at radius 1 is 0.963 bits per heavy atom. The number of hydrogen-bond acceptors (Lipinski definition) is 4. The molecule has 0 saturated carbocycles. The van der Waals surface area contributed by atoms with E-state index in [0.29, 0.717) is 6.79 Å². The maximum absolute atomic E-state index is 5.61. The van der Waals surface area contributed by atoms with Crippen molar-refractivity contribution in [1.82, 2.24) is 9.80 Å². The van der Waals surface area contributed by atoms with Crippen LogP contribution in [0.4, 0.5) is 5.69 Å². The Balaban J connectivity index is 1.27. The fourth-order valence-electron chi connectivity index (χ4n) is 3.43. The third-order valence-electron chi connectivity index (χ3n) is 5.12. The van der Waals surface area contributed by atoms with Crippen molar-refractivity contribution in [2.45, 2.75) is 19.9 Å². The highest BCUT2D eigenvalue weighted by atomic mass is 32.1. The van der Waals surface area contributed by atoms with Crippen molar-refractivity contribution in [3.63, 3.8) is 0 Å². The summed E-state index contributed by atoms with van der Waals surface area (Å²) >= 11 is 5.61. The van der Waals surface area contributed by atoms with E-state index in [2.05, 4.69) is 58.4 Å². The van der Waals surface area contributed by atoms with Gasteiger partial charge in [-0.25, -0.2) is 0 Å². The number of ether oxygens (including phenoxy) is 2. The van der Waals surface area contributed by atoms with Crippen molar-refractivity contribution in [2.75, 3.05) is 38.3 Å². The van der Waals surface area contributed by atoms with Gasteiger partial charge < -0.3 is 19.7 Å². The zero-order chi connectivity index (χ0) is 18.6. The van der Waals surface area contributed by atoms with E-state index < -0.39 is 0 Å². The molecule has 2 aromatic carbocycles. The SMILES string of the molecule is CCc1ccc(NC(=S)N2CCN(Cc3ccc4c(c3)OCO4)CC2)cc1. The standard InChI is InChI=1S/C21H25N3O2S/c1-2-16-3-6-18(7-4-16)22-21(27)24-11-9-23(10-12-24)14-17-5-8-19-20(13-17)26-15-25-19/h3-8,13H,2,9-12,14-15H2,1H3,(H,22,27). The fourth-order valence-corrected chi connectivity index (χ4v) is 3.73. The van der Waals surface area contributed by atoms with E-state index in [4.69, 9.17) is 21.7 Å². The van der Waals surface area contributed by atoms with Gasteiger partial charge in [-0.2, -0.15) is 0 Å². The summed E-state index contributed by atoms with van der Waals surface area (Å²) in [4.78, 5) is 4.70. The zero-order valence-electron chi connectivity index (χ0n) is 15.6. The molecule has 1 saturated heterocycles. The topological polar surface area (TPSA) is 37.0 Å². The summed E-state index contributed by atoms with van der Waals surface area (Å²) in [6.07, 6.45) is 1.05. The molecule has 0 bridgehead atoms. The number of piperazine rings is 1. The normalized spacial score (nSPS) is 16.4. The Hall–Kier alpha value is -2.31. The summed E-state index contributed by atoms with van der Waals surface area (Å²) in [6, 6.07) is 14.7. The van der Waals surface area contributed by atoms with Gasteiger partial charge in [0.15, 0.2) is 16.6 Å². The van der Waals surface area contributed by atoms with Gasteiger partial charge in [0.1, 0.15) is 0 Å². The summed E-state index contributed by atoms with van der Waals surface area (Å²) in [5.74, 6) is 1.69. The third-order valence-corrected chi connectivity index (χ3v) is 5.48. The van der Waals surface area contributed by atoms with Gasteiger partial charge in [-0.15, -0.1) is 0 Å². The van der Waals surface area contributed by atoms with Crippen LogP contribution in [0.3, 0.4) is 0 Å². The van der Waals surface area contributed by atoms with E-state index in [1.165, 1.54) is 11.1 Å². The largest absolute Gasteiger partial charge is 0.454 e. The molecular formula is C21H25N3O2S. The number of anilines is 1. The molecule has 0 amide bonds. The molecule has 0 unspecified atom stereocenters. The van der Waals surface area contributed by atoms with Crippen LogP contribution in [0.1, 0.15) is 18.1 Å². The molecule has 5 nitrogen and oxygen atoms in total. The van der Waals surface area contributed by atoms with Gasteiger partial charge in [0, 0.05) is 38.4 Å². The van der Waals surface area contributed by atoms with Crippen LogP contribution in [0.25, 0.3) is 0 Å². The number of nitrogens with one attached hydrogen (secondary N) is 1. The Morgan fingerprint density at radius 3 is 2.41 bits per heavy atom. The average molecular weight is 384 g/mol. The lowest BCUT2D eigenvalue weighted by molar-refractivity contribution is 0.173. The van der Waals surface area contributed by atoms with Gasteiger partial charge in [-0.1, -0.05) is 25.1 Å². The molecule has 0 aliphatic carbocycles. The van der Waals surface area contributed by atoms with Crippen LogP contribution in [0.15, 0.2) is 42.5 Å². The number of thiocarbonyl (C=S) groups is 1. The van der Waals surface area contributed by atoms with Crippen LogP contribution in [0, 0.1) is 0 Å². The molecule has 2 heterocycles. The summed E-state index contributed by atoms with van der Waals surface area (Å²) in [5.41, 5.74) is 3.65. The molecule has 2 aromatic rings. The third kappa shape index (κ3) is 4.34. The van der Waals surface area contributed by atoms with Crippen molar-refractivity contribution >= 4 is 23.0 Å². The maximum Gasteiger partial charge on any atom is 0.231 e. The molecule has 1 N–H and O–H groups in total. The molecular weight excluding hydrogens is 358 g/mol. The first-order valence-corrected chi connectivity index (χ1v) is 9.88. The second-order valence-corrected chi connectivity index (χ2v) is 7.32. The van der Waals surface area contributed by atoms with E-state index in [-0.39, 0.29) is 0 Å². The van der Waals surface area contributed by atoms with Crippen molar-refractivity contribution in [1.29, 1.82) is 0 Å². The molecule has 2 aliphatic rings. The number of benzene rings is 2. The Bertz CT molecular complexity index is 802. The molecule has 4 rings (SSSR count). The summed E-state index contributed by atoms with van der Waals surface area (Å²) in [6.45, 7) is 7.26. The van der Waals surface area contributed by atoms with Crippen LogP contribution < -0.4 is 14.8 Å². The van der Waals surface area contributed by atoms with Crippen molar-refractivity contribution in [3.05, 3.63) is 53.6 Å². The van der Waals surface area contributed by atoms with Gasteiger partial charge in [0.05, 0.1) is 0 Å². The van der Waals surface area contributed by atoms with Crippen molar-refractivity contribution in [3.8, 4) is 11.5 Å². The lowest BCUT2D eigenvalue weighted by Crippen LogP contribution is -2.49. The van der Waals surface area contributed by atoms with Crippen LogP contribution >= 0.6 is 12.2 Å². The predicted molar refractivity (Wildman–Crippen MR) is 111 cm³/mol. The highest BCUT2D eigenvalue weighted by Gasteiger charge is 2.20. The summed E-state index contributed by atoms with van der Waals surface area (Å²) < 4.78 is 10.9. The minimum atomic E-state index is 0.322. The Kier molecular flexibility index (Phi) is 5.45. The molecule has 1 fully saturated rings. The van der Waals surface area contributed by atoms with Crippen LogP contribution in [0.2, 0.25) is 0 Å². The highest BCUT2D eigenvalue weighted by Crippen LogP contribution is 2.32. The number of fused-ring (bicyclic) bond motifs is 1. The van der Waals surface area contributed by atoms with Crippen LogP contribution in [-0.2, 0) is 13.0 Å². The number of nitrogens with zero attached hydrogens (tertiary/aromatic N) is 2. The second-order valence-electron chi connectivity index (χ2n) is 6.93. The highest BCUT2D eigenvalue weighted by molar-refractivity contribution is 7.80. The van der Waals surface area contributed by atoms with E-state index >= 15 is 0 Å². The quantitative estimate of drug-likeness (QED) is 0.815. The van der Waals surface area contributed by atoms with E-state index in [9.17, 15) is 0 Å². The van der Waals surface area contributed by atoms with Crippen molar-refractivity contribution < 1.29 is 9.47 Å². The molecule has 142 valence electrons. The summed E-state index contributed by atoms with van der Waals surface area (Å²) in [5, 5.41) is 4.17. The second kappa shape index (κ2) is 8.15. The van der Waals surface area contributed by atoms with E-state index in [0.717, 1.165) is 61.4 Å². The molecule has 0 aromatic heterocycles. The van der Waals surface area contributed by atoms with E-state index in [1.807, 2.05) is 6.07 Å². The number of aryl methyl sites for hydroxylation is 1. The number of rotatable bonds is 4. The van der Waals surface area contributed by atoms with Gasteiger partial charge in [-0.3, -0.25) is 4.90 Å². The van der Waals surface area contributed by atoms with E-state index in [1.54, 1.807) is 0 Å². The van der Waals surface area contributed by atoms with Gasteiger partial charge in [0.2, 0.25) is 6.79 Å². The van der Waals surface area contributed by atoms with Gasteiger partial charge in [-0.05, 0) is 54.0 Å². The molecule has 6 heteroatoms. The molecule has 0 atom stereocenters. The smallest absolute Gasteiger partial charge is 0.231 e. The minimum Gasteiger partial charge on any atom is -0.454 e. The fraction of sp³-hybridized carbons (Fsp3) is 0.381. The average Bonchev–Trinajstić information content (AvgIpc) is 3.17. The monoisotopic (exact) mass is 383 g/mol. The van der Waals surface area contributed by atoms with Crippen molar-refractivity contribution in [2.24, 2.45) is 0 Å². The molecule has 0 radical (unpaired) electrons. The molecule has 2 aliphatic heterocycles. The summed E-state index contributed by atoms with van der Waals surface area (Å²) in [7, 11) is 0. The minimum absolute atomic E-state index is 0.322. The first-order chi connectivity index (χ1) is 13.2. The maximum atomic E-state index is 5.61. The lowest BCUT2D eigenvalue weighted by atomic mass is 10.1. The first-order valence-electron chi connectivity index (χ1n) is 9.47.